The Morgan fingerprint density at radius 2 is 2.00 bits per heavy atom. The molecular formula is C14H19FN2O. The summed E-state index contributed by atoms with van der Waals surface area (Å²) in [6.07, 6.45) is 2.37. The molecule has 0 atom stereocenters. The highest BCUT2D eigenvalue weighted by atomic mass is 19.1. The average molecular weight is 250 g/mol. The highest BCUT2D eigenvalue weighted by molar-refractivity contribution is 5.76. The minimum absolute atomic E-state index is 0.0229. The van der Waals surface area contributed by atoms with E-state index in [0.717, 1.165) is 38.0 Å². The number of carbonyl (C=O) groups is 1. The fourth-order valence-electron chi connectivity index (χ4n) is 2.42. The Hall–Kier alpha value is -1.42. The summed E-state index contributed by atoms with van der Waals surface area (Å²) in [6.45, 7) is 2.59. The summed E-state index contributed by atoms with van der Waals surface area (Å²) in [5.41, 5.74) is 6.05. The number of hydrogen-bond donors (Lipinski definition) is 1. The number of nitrogens with two attached hydrogens (primary N) is 1. The molecule has 1 amide bonds. The number of amides is 1. The van der Waals surface area contributed by atoms with E-state index in [2.05, 4.69) is 4.90 Å². The Kier molecular flexibility index (Phi) is 4.31. The molecule has 1 aromatic carbocycles. The summed E-state index contributed by atoms with van der Waals surface area (Å²) < 4.78 is 13.4. The second kappa shape index (κ2) is 5.96. The number of rotatable bonds is 4. The van der Waals surface area contributed by atoms with Crippen molar-refractivity contribution < 1.29 is 9.18 Å². The minimum Gasteiger partial charge on any atom is -0.369 e. The summed E-state index contributed by atoms with van der Waals surface area (Å²) in [5.74, 6) is -0.303. The highest BCUT2D eigenvalue weighted by Crippen LogP contribution is 2.17. The van der Waals surface area contributed by atoms with Crippen molar-refractivity contribution in [1.82, 2.24) is 4.90 Å². The molecule has 2 rings (SSSR count). The Morgan fingerprint density at radius 1 is 1.33 bits per heavy atom. The van der Waals surface area contributed by atoms with Gasteiger partial charge < -0.3 is 10.6 Å². The van der Waals surface area contributed by atoms with Gasteiger partial charge in [-0.2, -0.15) is 0 Å². The molecule has 3 nitrogen and oxygen atoms in total. The van der Waals surface area contributed by atoms with Gasteiger partial charge in [-0.15, -0.1) is 0 Å². The Balaban J connectivity index is 1.79. The van der Waals surface area contributed by atoms with Crippen LogP contribution in [0.15, 0.2) is 24.3 Å². The van der Waals surface area contributed by atoms with Crippen LogP contribution in [0.5, 0.6) is 0 Å². The van der Waals surface area contributed by atoms with Gasteiger partial charge in [0, 0.05) is 12.5 Å². The number of nitrogens with zero attached hydrogens (tertiary/aromatic N) is 1. The lowest BCUT2D eigenvalue weighted by atomic mass is 9.96. The average Bonchev–Trinajstić information content (AvgIpc) is 2.38. The van der Waals surface area contributed by atoms with E-state index in [1.165, 1.54) is 6.07 Å². The zero-order valence-electron chi connectivity index (χ0n) is 10.4. The molecule has 0 spiro atoms. The Labute approximate surface area is 107 Å². The number of carbonyl (C=O) groups excluding carboxylic acids is 1. The van der Waals surface area contributed by atoms with Crippen molar-refractivity contribution in [1.29, 1.82) is 0 Å². The molecule has 1 aliphatic heterocycles. The number of hydrogen-bond acceptors (Lipinski definition) is 2. The SMILES string of the molecule is NC(=O)C1CCN(CCc2ccccc2F)CC1. The van der Waals surface area contributed by atoms with E-state index in [-0.39, 0.29) is 17.6 Å². The highest BCUT2D eigenvalue weighted by Gasteiger charge is 2.22. The number of piperidine rings is 1. The van der Waals surface area contributed by atoms with Crippen molar-refractivity contribution in [2.45, 2.75) is 19.3 Å². The standard InChI is InChI=1S/C14H19FN2O/c15-13-4-2-1-3-11(13)5-8-17-9-6-12(7-10-17)14(16)18/h1-4,12H,5-10H2,(H2,16,18). The van der Waals surface area contributed by atoms with Crippen molar-refractivity contribution in [3.8, 4) is 0 Å². The van der Waals surface area contributed by atoms with Gasteiger partial charge in [0.15, 0.2) is 0 Å². The van der Waals surface area contributed by atoms with Crippen LogP contribution in [0.25, 0.3) is 0 Å². The molecule has 1 saturated heterocycles. The van der Waals surface area contributed by atoms with E-state index in [0.29, 0.717) is 6.42 Å². The molecule has 1 aliphatic rings. The molecule has 2 N–H and O–H groups in total. The molecule has 0 bridgehead atoms. The third-order valence-electron chi connectivity index (χ3n) is 3.65. The van der Waals surface area contributed by atoms with Crippen molar-refractivity contribution in [3.05, 3.63) is 35.6 Å². The van der Waals surface area contributed by atoms with Gasteiger partial charge in [-0.05, 0) is 44.0 Å². The monoisotopic (exact) mass is 250 g/mol. The maximum atomic E-state index is 13.4. The lowest BCUT2D eigenvalue weighted by Gasteiger charge is -2.30. The molecule has 1 heterocycles. The first-order valence-corrected chi connectivity index (χ1v) is 6.42. The van der Waals surface area contributed by atoms with Crippen molar-refractivity contribution >= 4 is 5.91 Å². The van der Waals surface area contributed by atoms with Gasteiger partial charge in [-0.25, -0.2) is 4.39 Å². The second-order valence-corrected chi connectivity index (χ2v) is 4.86. The van der Waals surface area contributed by atoms with Gasteiger partial charge in [0.05, 0.1) is 0 Å². The zero-order valence-corrected chi connectivity index (χ0v) is 10.4. The van der Waals surface area contributed by atoms with E-state index in [1.807, 2.05) is 12.1 Å². The molecule has 1 aromatic rings. The summed E-state index contributed by atoms with van der Waals surface area (Å²) in [5, 5.41) is 0. The lowest BCUT2D eigenvalue weighted by Crippen LogP contribution is -2.39. The van der Waals surface area contributed by atoms with E-state index < -0.39 is 0 Å². The second-order valence-electron chi connectivity index (χ2n) is 4.86. The number of primary amides is 1. The summed E-state index contributed by atoms with van der Waals surface area (Å²) in [6, 6.07) is 6.88. The first-order valence-electron chi connectivity index (χ1n) is 6.42. The third kappa shape index (κ3) is 3.29. The summed E-state index contributed by atoms with van der Waals surface area (Å²) >= 11 is 0. The quantitative estimate of drug-likeness (QED) is 0.881. The molecule has 0 unspecified atom stereocenters. The minimum atomic E-state index is -0.191. The summed E-state index contributed by atoms with van der Waals surface area (Å²) in [7, 11) is 0. The lowest BCUT2D eigenvalue weighted by molar-refractivity contribution is -0.123. The van der Waals surface area contributed by atoms with Gasteiger partial charge in [0.25, 0.3) is 0 Å². The normalized spacial score (nSPS) is 17.8. The van der Waals surface area contributed by atoms with Gasteiger partial charge >= 0.3 is 0 Å². The first-order chi connectivity index (χ1) is 8.66. The van der Waals surface area contributed by atoms with E-state index in [9.17, 15) is 9.18 Å². The molecule has 0 aliphatic carbocycles. The van der Waals surface area contributed by atoms with E-state index >= 15 is 0 Å². The van der Waals surface area contributed by atoms with Gasteiger partial charge in [-0.1, -0.05) is 18.2 Å². The predicted octanol–water partition coefficient (Wildman–Crippen LogP) is 1.57. The third-order valence-corrected chi connectivity index (χ3v) is 3.65. The molecule has 98 valence electrons. The molecule has 0 radical (unpaired) electrons. The first kappa shape index (κ1) is 13.0. The van der Waals surface area contributed by atoms with Crippen LogP contribution < -0.4 is 5.73 Å². The zero-order chi connectivity index (χ0) is 13.0. The van der Waals surface area contributed by atoms with E-state index in [4.69, 9.17) is 5.73 Å². The van der Waals surface area contributed by atoms with Crippen molar-refractivity contribution in [3.63, 3.8) is 0 Å². The van der Waals surface area contributed by atoms with Gasteiger partial charge in [0.2, 0.25) is 5.91 Å². The largest absolute Gasteiger partial charge is 0.369 e. The Morgan fingerprint density at radius 3 is 2.61 bits per heavy atom. The topological polar surface area (TPSA) is 46.3 Å². The van der Waals surface area contributed by atoms with Crippen LogP contribution in [0.1, 0.15) is 18.4 Å². The fraction of sp³-hybridized carbons (Fsp3) is 0.500. The maximum absolute atomic E-state index is 13.4. The smallest absolute Gasteiger partial charge is 0.220 e. The van der Waals surface area contributed by atoms with Crippen LogP contribution in [0, 0.1) is 11.7 Å². The number of halogens is 1. The number of likely N-dealkylation sites (tertiary alicyclic amines) is 1. The fourth-order valence-corrected chi connectivity index (χ4v) is 2.42. The molecule has 0 saturated carbocycles. The van der Waals surface area contributed by atoms with Crippen LogP contribution >= 0.6 is 0 Å². The summed E-state index contributed by atoms with van der Waals surface area (Å²) in [4.78, 5) is 13.3. The van der Waals surface area contributed by atoms with Crippen LogP contribution in [0.3, 0.4) is 0 Å². The predicted molar refractivity (Wildman–Crippen MR) is 68.5 cm³/mol. The maximum Gasteiger partial charge on any atom is 0.220 e. The van der Waals surface area contributed by atoms with Crippen molar-refractivity contribution in [2.24, 2.45) is 11.7 Å². The number of benzene rings is 1. The Bertz CT molecular complexity index is 414. The van der Waals surface area contributed by atoms with Crippen molar-refractivity contribution in [2.75, 3.05) is 19.6 Å². The van der Waals surface area contributed by atoms with Crippen LogP contribution in [0.2, 0.25) is 0 Å². The molecule has 0 aromatic heterocycles. The molecule has 18 heavy (non-hydrogen) atoms. The van der Waals surface area contributed by atoms with Crippen LogP contribution in [-0.4, -0.2) is 30.4 Å². The van der Waals surface area contributed by atoms with E-state index in [1.54, 1.807) is 6.07 Å². The van der Waals surface area contributed by atoms with Gasteiger partial charge in [0.1, 0.15) is 5.82 Å². The molecule has 1 fully saturated rings. The van der Waals surface area contributed by atoms with Crippen LogP contribution in [-0.2, 0) is 11.2 Å². The van der Waals surface area contributed by atoms with Crippen LogP contribution in [0.4, 0.5) is 4.39 Å². The molecular weight excluding hydrogens is 231 g/mol. The van der Waals surface area contributed by atoms with Gasteiger partial charge in [-0.3, -0.25) is 4.79 Å². The molecule has 4 heteroatoms.